The molecule has 25 heavy (non-hydrogen) atoms. The Morgan fingerprint density at radius 2 is 2.00 bits per heavy atom. The second-order valence-corrected chi connectivity index (χ2v) is 7.97. The van der Waals surface area contributed by atoms with E-state index in [1.807, 2.05) is 36.4 Å². The van der Waals surface area contributed by atoms with E-state index in [1.54, 1.807) is 14.1 Å². The number of hydrogen-bond donors (Lipinski definition) is 1. The fourth-order valence-corrected chi connectivity index (χ4v) is 3.77. The van der Waals surface area contributed by atoms with Crippen molar-refractivity contribution in [3.8, 4) is 11.3 Å². The molecule has 0 saturated heterocycles. The summed E-state index contributed by atoms with van der Waals surface area (Å²) < 4.78 is 27.7. The van der Waals surface area contributed by atoms with Crippen LogP contribution in [0, 0.1) is 0 Å². The molecule has 3 rings (SSSR count). The van der Waals surface area contributed by atoms with Crippen molar-refractivity contribution in [3.63, 3.8) is 0 Å². The molecule has 0 radical (unpaired) electrons. The van der Waals surface area contributed by atoms with Crippen molar-refractivity contribution in [1.82, 2.24) is 24.3 Å². The van der Waals surface area contributed by atoms with Crippen molar-refractivity contribution in [2.24, 2.45) is 7.05 Å². The number of hydrogen-bond acceptors (Lipinski definition) is 4. The molecule has 7 nitrogen and oxygen atoms in total. The van der Waals surface area contributed by atoms with Crippen LogP contribution < -0.4 is 0 Å². The van der Waals surface area contributed by atoms with Gasteiger partial charge >= 0.3 is 0 Å². The van der Waals surface area contributed by atoms with Crippen LogP contribution in [0.5, 0.6) is 0 Å². The van der Waals surface area contributed by atoms with Gasteiger partial charge in [-0.1, -0.05) is 30.3 Å². The smallest absolute Gasteiger partial charge is 0.245 e. The fraction of sp³-hybridized carbons (Fsp3) is 0.294. The summed E-state index contributed by atoms with van der Waals surface area (Å²) in [6.07, 6.45) is 4.30. The molecule has 0 spiro atoms. The van der Waals surface area contributed by atoms with Crippen LogP contribution in [0.15, 0.2) is 53.7 Å². The Morgan fingerprint density at radius 3 is 2.68 bits per heavy atom. The highest BCUT2D eigenvalue weighted by molar-refractivity contribution is 7.89. The van der Waals surface area contributed by atoms with E-state index in [9.17, 15) is 8.42 Å². The van der Waals surface area contributed by atoms with Crippen molar-refractivity contribution < 1.29 is 8.42 Å². The topological polar surface area (TPSA) is 83.9 Å². The Bertz CT molecular complexity index is 931. The lowest BCUT2D eigenvalue weighted by Gasteiger charge is -2.15. The van der Waals surface area contributed by atoms with Gasteiger partial charge in [0.05, 0.1) is 11.9 Å². The second-order valence-electron chi connectivity index (χ2n) is 5.92. The van der Waals surface area contributed by atoms with E-state index >= 15 is 0 Å². The van der Waals surface area contributed by atoms with Gasteiger partial charge in [-0.25, -0.2) is 12.7 Å². The van der Waals surface area contributed by atoms with Crippen LogP contribution in [0.4, 0.5) is 0 Å². The number of benzene rings is 1. The molecule has 0 bridgehead atoms. The molecule has 132 valence electrons. The number of nitrogens with zero attached hydrogens (tertiary/aromatic N) is 4. The minimum atomic E-state index is -3.49. The summed E-state index contributed by atoms with van der Waals surface area (Å²) in [5.41, 5.74) is 2.94. The van der Waals surface area contributed by atoms with E-state index in [0.717, 1.165) is 23.4 Å². The molecular weight excluding hydrogens is 338 g/mol. The molecule has 0 saturated carbocycles. The van der Waals surface area contributed by atoms with Crippen LogP contribution >= 0.6 is 0 Å². The van der Waals surface area contributed by atoms with Gasteiger partial charge in [-0.05, 0) is 18.9 Å². The summed E-state index contributed by atoms with van der Waals surface area (Å²) in [5.74, 6) is 0. The number of H-pyrrole nitrogens is 1. The number of aromatic amines is 1. The van der Waals surface area contributed by atoms with E-state index in [1.165, 1.54) is 21.4 Å². The first-order valence-corrected chi connectivity index (χ1v) is 9.45. The second kappa shape index (κ2) is 7.20. The number of aromatic nitrogens is 4. The van der Waals surface area contributed by atoms with Crippen molar-refractivity contribution >= 4 is 10.0 Å². The summed E-state index contributed by atoms with van der Waals surface area (Å²) >= 11 is 0. The maximum atomic E-state index is 12.4. The molecule has 1 aromatic carbocycles. The quantitative estimate of drug-likeness (QED) is 0.700. The van der Waals surface area contributed by atoms with Gasteiger partial charge in [0, 0.05) is 38.1 Å². The predicted octanol–water partition coefficient (Wildman–Crippen LogP) is 2.06. The third-order valence-corrected chi connectivity index (χ3v) is 5.82. The summed E-state index contributed by atoms with van der Waals surface area (Å²) in [7, 11) is -0.202. The fourth-order valence-electron chi connectivity index (χ4n) is 2.57. The standard InChI is InChI=1S/C17H21N5O2S/c1-21-13-16(12-18-21)25(23,24)22(2)10-6-9-15-11-17(20-19-15)14-7-4-3-5-8-14/h3-5,7-8,11-13H,6,9-10H2,1-2H3,(H,19,20). The van der Waals surface area contributed by atoms with E-state index in [-0.39, 0.29) is 4.90 Å². The van der Waals surface area contributed by atoms with Gasteiger partial charge in [-0.15, -0.1) is 0 Å². The van der Waals surface area contributed by atoms with Gasteiger partial charge in [0.15, 0.2) is 0 Å². The summed E-state index contributed by atoms with van der Waals surface area (Å²) in [6, 6.07) is 11.9. The molecule has 0 aliphatic heterocycles. The average molecular weight is 359 g/mol. The molecule has 8 heteroatoms. The van der Waals surface area contributed by atoms with Gasteiger partial charge in [-0.2, -0.15) is 10.2 Å². The van der Waals surface area contributed by atoms with Gasteiger partial charge in [0.25, 0.3) is 0 Å². The number of sulfonamides is 1. The maximum Gasteiger partial charge on any atom is 0.245 e. The molecule has 0 amide bonds. The molecule has 1 N–H and O–H groups in total. The lowest BCUT2D eigenvalue weighted by Crippen LogP contribution is -2.28. The van der Waals surface area contributed by atoms with Crippen molar-refractivity contribution in [2.45, 2.75) is 17.7 Å². The summed E-state index contributed by atoms with van der Waals surface area (Å²) in [5, 5.41) is 11.3. The highest BCUT2D eigenvalue weighted by Crippen LogP contribution is 2.18. The lowest BCUT2D eigenvalue weighted by atomic mass is 10.1. The van der Waals surface area contributed by atoms with E-state index in [4.69, 9.17) is 0 Å². The van der Waals surface area contributed by atoms with Crippen molar-refractivity contribution in [2.75, 3.05) is 13.6 Å². The van der Waals surface area contributed by atoms with E-state index in [2.05, 4.69) is 15.3 Å². The van der Waals surface area contributed by atoms with Crippen LogP contribution in [0.2, 0.25) is 0 Å². The Morgan fingerprint density at radius 1 is 1.24 bits per heavy atom. The highest BCUT2D eigenvalue weighted by Gasteiger charge is 2.21. The maximum absolute atomic E-state index is 12.4. The number of nitrogens with one attached hydrogen (secondary N) is 1. The minimum Gasteiger partial charge on any atom is -0.282 e. The van der Waals surface area contributed by atoms with Gasteiger partial charge in [0.2, 0.25) is 10.0 Å². The van der Waals surface area contributed by atoms with Crippen molar-refractivity contribution in [1.29, 1.82) is 0 Å². The third kappa shape index (κ3) is 3.97. The van der Waals surface area contributed by atoms with Crippen LogP contribution in [-0.2, 0) is 23.5 Å². The first kappa shape index (κ1) is 17.4. The Kier molecular flexibility index (Phi) is 5.00. The molecule has 2 aromatic heterocycles. The molecule has 0 aliphatic rings. The third-order valence-electron chi connectivity index (χ3n) is 4.01. The Labute approximate surface area is 147 Å². The first-order valence-electron chi connectivity index (χ1n) is 8.01. The molecule has 0 fully saturated rings. The van der Waals surface area contributed by atoms with Gasteiger partial charge in [-0.3, -0.25) is 9.78 Å². The SMILES string of the molecule is CN(CCCc1cc(-c2ccccc2)n[nH]1)S(=O)(=O)c1cnn(C)c1. The van der Waals surface area contributed by atoms with Crippen LogP contribution in [0.3, 0.4) is 0 Å². The zero-order valence-corrected chi connectivity index (χ0v) is 15.1. The average Bonchev–Trinajstić information content (AvgIpc) is 3.25. The van der Waals surface area contributed by atoms with Crippen molar-refractivity contribution in [3.05, 3.63) is 54.5 Å². The largest absolute Gasteiger partial charge is 0.282 e. The van der Waals surface area contributed by atoms with E-state index < -0.39 is 10.0 Å². The summed E-state index contributed by atoms with van der Waals surface area (Å²) in [6.45, 7) is 0.427. The summed E-state index contributed by atoms with van der Waals surface area (Å²) in [4.78, 5) is 0.213. The molecule has 3 aromatic rings. The molecule has 2 heterocycles. The lowest BCUT2D eigenvalue weighted by molar-refractivity contribution is 0.460. The Hall–Kier alpha value is -2.45. The molecule has 0 unspecified atom stereocenters. The monoisotopic (exact) mass is 359 g/mol. The zero-order valence-electron chi connectivity index (χ0n) is 14.3. The molecular formula is C17H21N5O2S. The number of aryl methyl sites for hydroxylation is 2. The van der Waals surface area contributed by atoms with Gasteiger partial charge in [0.1, 0.15) is 4.90 Å². The highest BCUT2D eigenvalue weighted by atomic mass is 32.2. The molecule has 0 aliphatic carbocycles. The minimum absolute atomic E-state index is 0.213. The predicted molar refractivity (Wildman–Crippen MR) is 95.4 cm³/mol. The first-order chi connectivity index (χ1) is 12.0. The van der Waals surface area contributed by atoms with Crippen LogP contribution in [0.25, 0.3) is 11.3 Å². The zero-order chi connectivity index (χ0) is 17.9. The molecule has 0 atom stereocenters. The van der Waals surface area contributed by atoms with Crippen LogP contribution in [0.1, 0.15) is 12.1 Å². The van der Waals surface area contributed by atoms with E-state index in [0.29, 0.717) is 13.0 Å². The number of rotatable bonds is 7. The normalized spacial score (nSPS) is 12.0. The van der Waals surface area contributed by atoms with Crippen LogP contribution in [-0.4, -0.2) is 46.3 Å². The Balaban J connectivity index is 1.57. The van der Waals surface area contributed by atoms with Gasteiger partial charge < -0.3 is 0 Å².